The van der Waals surface area contributed by atoms with Crippen molar-refractivity contribution >= 4 is 29.4 Å². The van der Waals surface area contributed by atoms with Crippen LogP contribution in [0.4, 0.5) is 13.2 Å². The van der Waals surface area contributed by atoms with E-state index in [-0.39, 0.29) is 54.2 Å². The van der Waals surface area contributed by atoms with Gasteiger partial charge in [0, 0.05) is 31.5 Å². The summed E-state index contributed by atoms with van der Waals surface area (Å²) in [5.41, 5.74) is -0.251. The van der Waals surface area contributed by atoms with Gasteiger partial charge in [-0.1, -0.05) is 20.4 Å². The quantitative estimate of drug-likeness (QED) is 0.362. The summed E-state index contributed by atoms with van der Waals surface area (Å²) in [5, 5.41) is 7.51. The number of amides is 4. The summed E-state index contributed by atoms with van der Waals surface area (Å²) in [4.78, 5) is 64.6. The molecule has 12 heteroatoms. The Balaban J connectivity index is 1.52. The zero-order valence-electron chi connectivity index (χ0n) is 21.6. The zero-order chi connectivity index (χ0) is 28.0. The summed E-state index contributed by atoms with van der Waals surface area (Å²) in [6.45, 7) is 8.19. The third-order valence-corrected chi connectivity index (χ3v) is 8.65. The van der Waals surface area contributed by atoms with Crippen LogP contribution in [0.3, 0.4) is 0 Å². The van der Waals surface area contributed by atoms with Crippen LogP contribution in [-0.4, -0.2) is 71.7 Å². The zero-order valence-corrected chi connectivity index (χ0v) is 21.6. The molecule has 38 heavy (non-hydrogen) atoms. The smallest absolute Gasteiger partial charge is 0.356 e. The first-order valence-electron chi connectivity index (χ1n) is 13.2. The summed E-state index contributed by atoms with van der Waals surface area (Å²) >= 11 is 0. The molecule has 0 aromatic rings. The van der Waals surface area contributed by atoms with Gasteiger partial charge in [0.05, 0.1) is 0 Å². The molecule has 6 atom stereocenters. The molecule has 3 N–H and O–H groups in total. The molecule has 0 spiro atoms. The predicted octanol–water partition coefficient (Wildman–Crippen LogP) is 1.47. The highest BCUT2D eigenvalue weighted by Gasteiger charge is 2.70. The van der Waals surface area contributed by atoms with E-state index < -0.39 is 47.9 Å². The molecule has 0 aromatic carbocycles. The van der Waals surface area contributed by atoms with Crippen LogP contribution < -0.4 is 16.0 Å². The Morgan fingerprint density at radius 1 is 1.18 bits per heavy atom. The van der Waals surface area contributed by atoms with Gasteiger partial charge in [0.15, 0.2) is 5.78 Å². The van der Waals surface area contributed by atoms with E-state index in [0.717, 1.165) is 12.5 Å². The standard InChI is InChI=1S/C26H35F3N4O5/c1-4-16(34)11-15(10-14-6-5-9-30-21(14)35)31-22(36)20-18-17(25(18,2)3)12-33(20)23(37)19(13-7-8-13)32-24(38)26(27,28)29/h4,13-15,17-20H,1,5-12H2,2-3H3,(H,30,35)(H,31,36)(H,32,38)/t14-,15-,17-,18-,19-,20-/m0/s1. The van der Waals surface area contributed by atoms with E-state index in [9.17, 15) is 37.1 Å². The lowest BCUT2D eigenvalue weighted by atomic mass is 9.89. The Kier molecular flexibility index (Phi) is 7.64. The molecule has 4 fully saturated rings. The number of carbonyl (C=O) groups excluding carboxylic acids is 5. The van der Waals surface area contributed by atoms with Crippen LogP contribution in [-0.2, 0) is 24.0 Å². The van der Waals surface area contributed by atoms with Crippen LogP contribution in [0, 0.1) is 29.1 Å². The number of hydrogen-bond donors (Lipinski definition) is 3. The molecule has 0 bridgehead atoms. The van der Waals surface area contributed by atoms with Gasteiger partial charge in [-0.2, -0.15) is 13.2 Å². The monoisotopic (exact) mass is 540 g/mol. The molecule has 2 aliphatic heterocycles. The number of fused-ring (bicyclic) bond motifs is 1. The van der Waals surface area contributed by atoms with E-state index in [1.807, 2.05) is 19.2 Å². The number of halogens is 3. The van der Waals surface area contributed by atoms with E-state index in [0.29, 0.717) is 25.8 Å². The summed E-state index contributed by atoms with van der Waals surface area (Å²) in [6, 6.07) is -2.99. The third kappa shape index (κ3) is 5.73. The molecule has 9 nitrogen and oxygen atoms in total. The van der Waals surface area contributed by atoms with Crippen LogP contribution in [0.5, 0.6) is 0 Å². The van der Waals surface area contributed by atoms with Crippen molar-refractivity contribution in [1.29, 1.82) is 0 Å². The summed E-state index contributed by atoms with van der Waals surface area (Å²) in [5.74, 6) is -4.85. The molecule has 2 saturated heterocycles. The highest BCUT2D eigenvalue weighted by molar-refractivity contribution is 5.95. The Morgan fingerprint density at radius 3 is 2.45 bits per heavy atom. The predicted molar refractivity (Wildman–Crippen MR) is 129 cm³/mol. The molecule has 210 valence electrons. The summed E-state index contributed by atoms with van der Waals surface area (Å²) in [7, 11) is 0. The molecule has 4 amide bonds. The van der Waals surface area contributed by atoms with Gasteiger partial charge in [0.25, 0.3) is 0 Å². The van der Waals surface area contributed by atoms with Crippen molar-refractivity contribution in [2.24, 2.45) is 29.1 Å². The van der Waals surface area contributed by atoms with Crippen molar-refractivity contribution < 1.29 is 37.1 Å². The Morgan fingerprint density at radius 2 is 1.87 bits per heavy atom. The minimum absolute atomic E-state index is 0.0160. The van der Waals surface area contributed by atoms with Gasteiger partial charge in [-0.15, -0.1) is 0 Å². The maximum Gasteiger partial charge on any atom is 0.471 e. The summed E-state index contributed by atoms with van der Waals surface area (Å²) in [6.07, 6.45) is -1.40. The van der Waals surface area contributed by atoms with Gasteiger partial charge in [0.2, 0.25) is 17.7 Å². The van der Waals surface area contributed by atoms with Crippen molar-refractivity contribution in [2.75, 3.05) is 13.1 Å². The van der Waals surface area contributed by atoms with Gasteiger partial charge in [-0.25, -0.2) is 0 Å². The minimum atomic E-state index is -5.13. The van der Waals surface area contributed by atoms with Crippen LogP contribution in [0.25, 0.3) is 0 Å². The van der Waals surface area contributed by atoms with Gasteiger partial charge in [-0.05, 0) is 61.3 Å². The fourth-order valence-electron chi connectivity index (χ4n) is 6.24. The molecule has 4 aliphatic rings. The first kappa shape index (κ1) is 28.1. The van der Waals surface area contributed by atoms with E-state index in [1.54, 1.807) is 0 Å². The number of piperidine rings is 2. The molecule has 2 saturated carbocycles. The lowest BCUT2D eigenvalue weighted by molar-refractivity contribution is -0.175. The first-order valence-corrected chi connectivity index (χ1v) is 13.2. The number of nitrogens with zero attached hydrogens (tertiary/aromatic N) is 1. The molecule has 2 aliphatic carbocycles. The van der Waals surface area contributed by atoms with Crippen molar-refractivity contribution in [3.8, 4) is 0 Å². The molecule has 4 rings (SSSR count). The van der Waals surface area contributed by atoms with Crippen LogP contribution in [0.2, 0.25) is 0 Å². The van der Waals surface area contributed by atoms with Gasteiger partial charge in [0.1, 0.15) is 12.1 Å². The Hall–Kier alpha value is -2.92. The van der Waals surface area contributed by atoms with Crippen molar-refractivity contribution in [2.45, 2.75) is 76.7 Å². The molecule has 0 unspecified atom stereocenters. The maximum atomic E-state index is 13.7. The third-order valence-electron chi connectivity index (χ3n) is 8.65. The normalized spacial score (nSPS) is 29.4. The molecule has 0 aromatic heterocycles. The van der Waals surface area contributed by atoms with E-state index >= 15 is 0 Å². The second-order valence-corrected chi connectivity index (χ2v) is 11.6. The molecule has 2 heterocycles. The first-order chi connectivity index (χ1) is 17.8. The number of ketones is 1. The van der Waals surface area contributed by atoms with Gasteiger partial charge in [-0.3, -0.25) is 24.0 Å². The van der Waals surface area contributed by atoms with Crippen LogP contribution in [0.15, 0.2) is 12.7 Å². The van der Waals surface area contributed by atoms with Crippen molar-refractivity contribution in [1.82, 2.24) is 20.9 Å². The number of carbonyl (C=O) groups is 5. The second-order valence-electron chi connectivity index (χ2n) is 11.6. The topological polar surface area (TPSA) is 125 Å². The number of hydrogen-bond acceptors (Lipinski definition) is 5. The van der Waals surface area contributed by atoms with E-state index in [1.165, 1.54) is 4.90 Å². The number of nitrogens with one attached hydrogen (secondary N) is 3. The van der Waals surface area contributed by atoms with Crippen LogP contribution in [0.1, 0.15) is 52.4 Å². The van der Waals surface area contributed by atoms with Gasteiger partial charge >= 0.3 is 12.1 Å². The van der Waals surface area contributed by atoms with E-state index in [2.05, 4.69) is 17.2 Å². The maximum absolute atomic E-state index is 13.7. The van der Waals surface area contributed by atoms with Gasteiger partial charge < -0.3 is 20.9 Å². The largest absolute Gasteiger partial charge is 0.471 e. The fraction of sp³-hybridized carbons (Fsp3) is 0.731. The average molecular weight is 541 g/mol. The SMILES string of the molecule is C=CC(=O)C[C@H](C[C@@H]1CCCNC1=O)NC(=O)[C@@H]1[C@@H]2[C@H](CN1C(=O)[C@@H](NC(=O)C(F)(F)F)C1CC1)C2(C)C. The highest BCUT2D eigenvalue weighted by Crippen LogP contribution is 2.65. The highest BCUT2D eigenvalue weighted by atomic mass is 19.4. The fourth-order valence-corrected chi connectivity index (χ4v) is 6.24. The molecular weight excluding hydrogens is 505 g/mol. The summed E-state index contributed by atoms with van der Waals surface area (Å²) < 4.78 is 38.8. The van der Waals surface area contributed by atoms with Crippen LogP contribution >= 0.6 is 0 Å². The number of allylic oxidation sites excluding steroid dienone is 1. The van der Waals surface area contributed by atoms with Crippen molar-refractivity contribution in [3.63, 3.8) is 0 Å². The lowest BCUT2D eigenvalue weighted by Gasteiger charge is -2.34. The number of likely N-dealkylation sites (tertiary alicyclic amines) is 1. The molecular formula is C26H35F3N4O5. The number of alkyl halides is 3. The Labute approximate surface area is 219 Å². The number of rotatable bonds is 10. The minimum Gasteiger partial charge on any atom is -0.356 e. The average Bonchev–Trinajstić information content (AvgIpc) is 3.71. The Bertz CT molecular complexity index is 1020. The lowest BCUT2D eigenvalue weighted by Crippen LogP contribution is -2.58. The van der Waals surface area contributed by atoms with Crippen molar-refractivity contribution in [3.05, 3.63) is 12.7 Å². The van der Waals surface area contributed by atoms with E-state index in [4.69, 9.17) is 0 Å². The molecule has 0 radical (unpaired) electrons. The second kappa shape index (κ2) is 10.3.